The summed E-state index contributed by atoms with van der Waals surface area (Å²) in [6, 6.07) is 1.74. The molecule has 4 rings (SSSR count). The van der Waals surface area contributed by atoms with Gasteiger partial charge in [0.15, 0.2) is 0 Å². The van der Waals surface area contributed by atoms with Crippen molar-refractivity contribution in [3.05, 3.63) is 24.2 Å². The van der Waals surface area contributed by atoms with Crippen LogP contribution in [0.25, 0.3) is 0 Å². The van der Waals surface area contributed by atoms with Crippen molar-refractivity contribution in [2.75, 3.05) is 32.9 Å². The third kappa shape index (κ3) is 3.17. The van der Waals surface area contributed by atoms with Gasteiger partial charge in [-0.15, -0.1) is 0 Å². The van der Waals surface area contributed by atoms with Gasteiger partial charge in [0.2, 0.25) is 0 Å². The summed E-state index contributed by atoms with van der Waals surface area (Å²) >= 11 is 0. The Morgan fingerprint density at radius 1 is 1.39 bits per heavy atom. The summed E-state index contributed by atoms with van der Waals surface area (Å²) in [5.74, 6) is 0.825. The lowest BCUT2D eigenvalue weighted by molar-refractivity contribution is -0.147. The second-order valence-electron chi connectivity index (χ2n) is 7.31. The number of amides is 1. The molecule has 5 heteroatoms. The third-order valence-corrected chi connectivity index (χ3v) is 5.48. The minimum absolute atomic E-state index is 0.0369. The SMILES string of the molecule is O=C(c1ccoc1)N1CC[C@H]2OCCC[C@]2(COCC2CC2)C1. The molecule has 2 saturated heterocycles. The molecule has 0 spiro atoms. The summed E-state index contributed by atoms with van der Waals surface area (Å²) in [6.45, 7) is 3.89. The van der Waals surface area contributed by atoms with Gasteiger partial charge in [0.25, 0.3) is 5.91 Å². The van der Waals surface area contributed by atoms with Gasteiger partial charge in [-0.25, -0.2) is 0 Å². The largest absolute Gasteiger partial charge is 0.472 e. The van der Waals surface area contributed by atoms with Crippen LogP contribution in [-0.4, -0.2) is 49.8 Å². The minimum atomic E-state index is -0.0369. The molecular formula is C18H25NO4. The van der Waals surface area contributed by atoms with E-state index in [4.69, 9.17) is 13.9 Å². The normalized spacial score (nSPS) is 31.0. The zero-order valence-electron chi connectivity index (χ0n) is 13.5. The van der Waals surface area contributed by atoms with Crippen LogP contribution in [0.3, 0.4) is 0 Å². The predicted octanol–water partition coefficient (Wildman–Crippen LogP) is 2.72. The van der Waals surface area contributed by atoms with Crippen molar-refractivity contribution in [2.24, 2.45) is 11.3 Å². The number of carbonyl (C=O) groups excluding carboxylic acids is 1. The molecule has 1 saturated carbocycles. The van der Waals surface area contributed by atoms with Crippen LogP contribution in [0.5, 0.6) is 0 Å². The fraction of sp³-hybridized carbons (Fsp3) is 0.722. The molecule has 0 aromatic carbocycles. The van der Waals surface area contributed by atoms with Gasteiger partial charge in [-0.3, -0.25) is 4.79 Å². The topological polar surface area (TPSA) is 51.9 Å². The van der Waals surface area contributed by atoms with E-state index in [0.717, 1.165) is 51.5 Å². The molecule has 23 heavy (non-hydrogen) atoms. The standard InChI is InChI=1S/C18H25NO4/c20-17(15-5-9-21-11-15)19-7-4-16-18(12-19,6-1-8-23-16)13-22-10-14-2-3-14/h5,9,11,14,16H,1-4,6-8,10,12-13H2/t16-,18-/m1/s1. The summed E-state index contributed by atoms with van der Waals surface area (Å²) in [7, 11) is 0. The number of fused-ring (bicyclic) bond motifs is 1. The van der Waals surface area contributed by atoms with E-state index in [-0.39, 0.29) is 17.4 Å². The molecule has 5 nitrogen and oxygen atoms in total. The molecule has 0 bridgehead atoms. The van der Waals surface area contributed by atoms with E-state index in [2.05, 4.69) is 0 Å². The number of ether oxygens (including phenoxy) is 2. The molecule has 2 aliphatic heterocycles. The lowest BCUT2D eigenvalue weighted by Crippen LogP contribution is -2.58. The zero-order chi connectivity index (χ0) is 15.7. The molecule has 1 aromatic heterocycles. The quantitative estimate of drug-likeness (QED) is 0.837. The van der Waals surface area contributed by atoms with Gasteiger partial charge in [-0.1, -0.05) is 0 Å². The van der Waals surface area contributed by atoms with Crippen LogP contribution in [-0.2, 0) is 9.47 Å². The number of rotatable bonds is 5. The highest BCUT2D eigenvalue weighted by molar-refractivity contribution is 5.93. The summed E-state index contributed by atoms with van der Waals surface area (Å²) in [5, 5.41) is 0. The summed E-state index contributed by atoms with van der Waals surface area (Å²) < 4.78 is 17.1. The van der Waals surface area contributed by atoms with Crippen LogP contribution in [0, 0.1) is 11.3 Å². The van der Waals surface area contributed by atoms with Gasteiger partial charge in [-0.2, -0.15) is 0 Å². The molecule has 0 N–H and O–H groups in total. The van der Waals surface area contributed by atoms with Crippen molar-refractivity contribution in [2.45, 2.75) is 38.2 Å². The average molecular weight is 319 g/mol. The molecule has 0 radical (unpaired) electrons. The van der Waals surface area contributed by atoms with E-state index >= 15 is 0 Å². The summed E-state index contributed by atoms with van der Waals surface area (Å²) in [4.78, 5) is 14.6. The molecule has 0 unspecified atom stereocenters. The van der Waals surface area contributed by atoms with Gasteiger partial charge < -0.3 is 18.8 Å². The maximum Gasteiger partial charge on any atom is 0.257 e. The highest BCUT2D eigenvalue weighted by Gasteiger charge is 2.47. The molecule has 1 aliphatic carbocycles. The number of nitrogens with zero attached hydrogens (tertiary/aromatic N) is 1. The fourth-order valence-corrected chi connectivity index (χ4v) is 3.96. The van der Waals surface area contributed by atoms with Crippen LogP contribution >= 0.6 is 0 Å². The van der Waals surface area contributed by atoms with Gasteiger partial charge in [0, 0.05) is 31.7 Å². The Balaban J connectivity index is 1.46. The number of hydrogen-bond acceptors (Lipinski definition) is 4. The summed E-state index contributed by atoms with van der Waals surface area (Å²) in [5.41, 5.74) is 0.597. The van der Waals surface area contributed by atoms with E-state index < -0.39 is 0 Å². The van der Waals surface area contributed by atoms with Crippen molar-refractivity contribution in [1.29, 1.82) is 0 Å². The minimum Gasteiger partial charge on any atom is -0.472 e. The van der Waals surface area contributed by atoms with Gasteiger partial charge in [0.1, 0.15) is 6.26 Å². The first kappa shape index (κ1) is 15.2. The Bertz CT molecular complexity index is 539. The Labute approximate surface area is 136 Å². The van der Waals surface area contributed by atoms with Crippen LogP contribution in [0.1, 0.15) is 42.5 Å². The lowest BCUT2D eigenvalue weighted by atomic mass is 9.73. The molecule has 3 heterocycles. The van der Waals surface area contributed by atoms with Gasteiger partial charge in [0.05, 0.1) is 24.5 Å². The second kappa shape index (κ2) is 6.29. The van der Waals surface area contributed by atoms with Crippen molar-refractivity contribution >= 4 is 5.91 Å². The number of hydrogen-bond donors (Lipinski definition) is 0. The highest BCUT2D eigenvalue weighted by atomic mass is 16.5. The number of carbonyl (C=O) groups is 1. The Morgan fingerprint density at radius 3 is 3.09 bits per heavy atom. The first-order valence-electron chi connectivity index (χ1n) is 8.78. The molecule has 3 fully saturated rings. The smallest absolute Gasteiger partial charge is 0.257 e. The number of piperidine rings is 1. The molecule has 3 aliphatic rings. The molecule has 126 valence electrons. The highest BCUT2D eigenvalue weighted by Crippen LogP contribution is 2.41. The van der Waals surface area contributed by atoms with E-state index in [9.17, 15) is 4.79 Å². The monoisotopic (exact) mass is 319 g/mol. The number of furan rings is 1. The summed E-state index contributed by atoms with van der Waals surface area (Å²) in [6.07, 6.45) is 8.95. The van der Waals surface area contributed by atoms with Gasteiger partial charge >= 0.3 is 0 Å². The Kier molecular flexibility index (Phi) is 4.16. The van der Waals surface area contributed by atoms with Gasteiger partial charge in [-0.05, 0) is 44.1 Å². The van der Waals surface area contributed by atoms with Crippen LogP contribution in [0.4, 0.5) is 0 Å². The maximum atomic E-state index is 12.7. The first-order valence-corrected chi connectivity index (χ1v) is 8.78. The van der Waals surface area contributed by atoms with E-state index in [1.807, 2.05) is 4.90 Å². The van der Waals surface area contributed by atoms with Crippen molar-refractivity contribution in [3.8, 4) is 0 Å². The van der Waals surface area contributed by atoms with Crippen molar-refractivity contribution < 1.29 is 18.7 Å². The Morgan fingerprint density at radius 2 is 2.30 bits per heavy atom. The molecule has 2 atom stereocenters. The molecule has 1 aromatic rings. The van der Waals surface area contributed by atoms with Crippen LogP contribution in [0.15, 0.2) is 23.0 Å². The molecular weight excluding hydrogens is 294 g/mol. The number of likely N-dealkylation sites (tertiary alicyclic amines) is 1. The predicted molar refractivity (Wildman–Crippen MR) is 84.2 cm³/mol. The van der Waals surface area contributed by atoms with Crippen LogP contribution < -0.4 is 0 Å². The van der Waals surface area contributed by atoms with E-state index in [1.54, 1.807) is 12.3 Å². The third-order valence-electron chi connectivity index (χ3n) is 5.48. The second-order valence-corrected chi connectivity index (χ2v) is 7.31. The average Bonchev–Trinajstić information content (AvgIpc) is 3.24. The Hall–Kier alpha value is -1.33. The first-order chi connectivity index (χ1) is 11.3. The van der Waals surface area contributed by atoms with E-state index in [1.165, 1.54) is 19.1 Å². The maximum absolute atomic E-state index is 12.7. The fourth-order valence-electron chi connectivity index (χ4n) is 3.96. The van der Waals surface area contributed by atoms with Crippen molar-refractivity contribution in [3.63, 3.8) is 0 Å². The van der Waals surface area contributed by atoms with Crippen molar-refractivity contribution in [1.82, 2.24) is 4.90 Å². The molecule has 1 amide bonds. The zero-order valence-corrected chi connectivity index (χ0v) is 13.5. The van der Waals surface area contributed by atoms with Crippen LogP contribution in [0.2, 0.25) is 0 Å². The van der Waals surface area contributed by atoms with E-state index in [0.29, 0.717) is 12.2 Å². The lowest BCUT2D eigenvalue weighted by Gasteiger charge is -2.50.